The van der Waals surface area contributed by atoms with Gasteiger partial charge in [0.15, 0.2) is 0 Å². The third kappa shape index (κ3) is 4.51. The number of thioether (sulfide) groups is 1. The molecule has 106 valence electrons. The minimum Gasteiger partial charge on any atom is -0.311 e. The highest BCUT2D eigenvalue weighted by molar-refractivity contribution is 7.98. The summed E-state index contributed by atoms with van der Waals surface area (Å²) in [4.78, 5) is 20.0. The molecule has 1 aromatic heterocycles. The standard InChI is InChI=1S/C15H19N3OS/c1-3-16-9-12-8-15(19)18-14(17-12)10-20-13-6-4-11(2)5-7-13/h4-8,16H,3,9-10H2,1-2H3,(H,17,18,19). The topological polar surface area (TPSA) is 57.8 Å². The molecule has 2 N–H and O–H groups in total. The molecule has 0 amide bonds. The summed E-state index contributed by atoms with van der Waals surface area (Å²) >= 11 is 1.67. The monoisotopic (exact) mass is 289 g/mol. The highest BCUT2D eigenvalue weighted by Gasteiger charge is 2.02. The van der Waals surface area contributed by atoms with Crippen LogP contribution >= 0.6 is 11.8 Å². The number of benzene rings is 1. The van der Waals surface area contributed by atoms with Crippen molar-refractivity contribution in [3.8, 4) is 0 Å². The molecule has 0 saturated heterocycles. The van der Waals surface area contributed by atoms with Gasteiger partial charge in [0.2, 0.25) is 0 Å². The van der Waals surface area contributed by atoms with Crippen molar-refractivity contribution in [3.05, 3.63) is 57.8 Å². The summed E-state index contributed by atoms with van der Waals surface area (Å²) < 4.78 is 0. The molecule has 0 spiro atoms. The Labute approximate surface area is 123 Å². The number of hydrogen-bond donors (Lipinski definition) is 2. The maximum atomic E-state index is 11.6. The van der Waals surface area contributed by atoms with E-state index in [0.29, 0.717) is 12.3 Å². The van der Waals surface area contributed by atoms with Crippen LogP contribution in [0.25, 0.3) is 0 Å². The van der Waals surface area contributed by atoms with Gasteiger partial charge in [0.05, 0.1) is 11.4 Å². The van der Waals surface area contributed by atoms with Crippen LogP contribution < -0.4 is 10.9 Å². The molecule has 0 aliphatic heterocycles. The number of nitrogens with zero attached hydrogens (tertiary/aromatic N) is 1. The van der Waals surface area contributed by atoms with Gasteiger partial charge in [-0.3, -0.25) is 4.79 Å². The smallest absolute Gasteiger partial charge is 0.251 e. The first-order valence-electron chi connectivity index (χ1n) is 6.66. The van der Waals surface area contributed by atoms with Crippen LogP contribution in [0.5, 0.6) is 0 Å². The van der Waals surface area contributed by atoms with Crippen molar-refractivity contribution >= 4 is 11.8 Å². The molecule has 0 saturated carbocycles. The second kappa shape index (κ2) is 7.26. The zero-order valence-corrected chi connectivity index (χ0v) is 12.6. The Hall–Kier alpha value is -1.59. The number of hydrogen-bond acceptors (Lipinski definition) is 4. The molecule has 1 aromatic carbocycles. The second-order valence-electron chi connectivity index (χ2n) is 4.57. The Balaban J connectivity index is 2.03. The van der Waals surface area contributed by atoms with Gasteiger partial charge in [-0.05, 0) is 25.6 Å². The Morgan fingerprint density at radius 1 is 1.30 bits per heavy atom. The predicted octanol–water partition coefficient (Wildman–Crippen LogP) is 2.48. The van der Waals surface area contributed by atoms with Crippen LogP contribution in [0, 0.1) is 6.92 Å². The van der Waals surface area contributed by atoms with Crippen LogP contribution in [0.3, 0.4) is 0 Å². The first-order valence-corrected chi connectivity index (χ1v) is 7.65. The summed E-state index contributed by atoms with van der Waals surface area (Å²) in [7, 11) is 0. The van der Waals surface area contributed by atoms with E-state index in [1.165, 1.54) is 10.5 Å². The minimum atomic E-state index is -0.0904. The summed E-state index contributed by atoms with van der Waals surface area (Å²) in [5, 5.41) is 3.18. The van der Waals surface area contributed by atoms with Gasteiger partial charge in [-0.15, -0.1) is 11.8 Å². The van der Waals surface area contributed by atoms with E-state index in [9.17, 15) is 4.79 Å². The van der Waals surface area contributed by atoms with Crippen LogP contribution in [0.2, 0.25) is 0 Å². The molecule has 2 rings (SSSR count). The summed E-state index contributed by atoms with van der Waals surface area (Å²) in [6.45, 7) is 5.59. The molecule has 20 heavy (non-hydrogen) atoms. The summed E-state index contributed by atoms with van der Waals surface area (Å²) in [5.74, 6) is 1.38. The SMILES string of the molecule is CCNCc1cc(=O)[nH]c(CSc2ccc(C)cc2)n1. The van der Waals surface area contributed by atoms with Gasteiger partial charge in [0.25, 0.3) is 5.56 Å². The lowest BCUT2D eigenvalue weighted by Crippen LogP contribution is -2.18. The zero-order chi connectivity index (χ0) is 14.4. The molecule has 5 heteroatoms. The predicted molar refractivity (Wildman–Crippen MR) is 83.0 cm³/mol. The van der Waals surface area contributed by atoms with Gasteiger partial charge in [-0.2, -0.15) is 0 Å². The van der Waals surface area contributed by atoms with E-state index in [0.717, 1.165) is 18.1 Å². The van der Waals surface area contributed by atoms with Crippen molar-refractivity contribution in [2.45, 2.75) is 31.0 Å². The largest absolute Gasteiger partial charge is 0.311 e. The van der Waals surface area contributed by atoms with E-state index in [-0.39, 0.29) is 5.56 Å². The average Bonchev–Trinajstić information content (AvgIpc) is 2.44. The normalized spacial score (nSPS) is 10.7. The molecule has 0 atom stereocenters. The third-order valence-corrected chi connectivity index (χ3v) is 3.82. The van der Waals surface area contributed by atoms with Crippen LogP contribution in [-0.2, 0) is 12.3 Å². The molecule has 0 bridgehead atoms. The maximum absolute atomic E-state index is 11.6. The summed E-state index contributed by atoms with van der Waals surface area (Å²) in [5.41, 5.74) is 1.94. The van der Waals surface area contributed by atoms with E-state index in [2.05, 4.69) is 46.5 Å². The van der Waals surface area contributed by atoms with Gasteiger partial charge in [-0.1, -0.05) is 24.6 Å². The molecular formula is C15H19N3OS. The van der Waals surface area contributed by atoms with Crippen LogP contribution in [-0.4, -0.2) is 16.5 Å². The highest BCUT2D eigenvalue weighted by Crippen LogP contribution is 2.21. The fourth-order valence-corrected chi connectivity index (χ4v) is 2.53. The minimum absolute atomic E-state index is 0.0904. The molecular weight excluding hydrogens is 270 g/mol. The van der Waals surface area contributed by atoms with Crippen molar-refractivity contribution < 1.29 is 0 Å². The van der Waals surface area contributed by atoms with Gasteiger partial charge >= 0.3 is 0 Å². The Bertz CT molecular complexity index is 607. The lowest BCUT2D eigenvalue weighted by Gasteiger charge is -2.05. The first kappa shape index (κ1) is 14.8. The van der Waals surface area contributed by atoms with Crippen molar-refractivity contribution in [1.82, 2.24) is 15.3 Å². The molecule has 4 nitrogen and oxygen atoms in total. The van der Waals surface area contributed by atoms with E-state index in [4.69, 9.17) is 0 Å². The quantitative estimate of drug-likeness (QED) is 0.802. The molecule has 0 aliphatic carbocycles. The lowest BCUT2D eigenvalue weighted by atomic mass is 10.2. The van der Waals surface area contributed by atoms with Crippen molar-refractivity contribution in [3.63, 3.8) is 0 Å². The molecule has 0 fully saturated rings. The van der Waals surface area contributed by atoms with Gasteiger partial charge in [-0.25, -0.2) is 4.98 Å². The fraction of sp³-hybridized carbons (Fsp3) is 0.333. The summed E-state index contributed by atoms with van der Waals surface area (Å²) in [6, 6.07) is 9.88. The molecule has 2 aromatic rings. The van der Waals surface area contributed by atoms with Crippen molar-refractivity contribution in [2.75, 3.05) is 6.54 Å². The van der Waals surface area contributed by atoms with Crippen molar-refractivity contribution in [2.24, 2.45) is 0 Å². The van der Waals surface area contributed by atoms with E-state index < -0.39 is 0 Å². The van der Waals surface area contributed by atoms with Crippen LogP contribution in [0.15, 0.2) is 40.0 Å². The molecule has 0 radical (unpaired) electrons. The summed E-state index contributed by atoms with van der Waals surface area (Å²) in [6.07, 6.45) is 0. The zero-order valence-electron chi connectivity index (χ0n) is 11.8. The second-order valence-corrected chi connectivity index (χ2v) is 5.61. The van der Waals surface area contributed by atoms with E-state index in [1.54, 1.807) is 17.8 Å². The van der Waals surface area contributed by atoms with Crippen LogP contribution in [0.1, 0.15) is 24.0 Å². The van der Waals surface area contributed by atoms with Gasteiger partial charge < -0.3 is 10.3 Å². The maximum Gasteiger partial charge on any atom is 0.251 e. The molecule has 1 heterocycles. The fourth-order valence-electron chi connectivity index (χ4n) is 1.76. The van der Waals surface area contributed by atoms with Crippen molar-refractivity contribution in [1.29, 1.82) is 0 Å². The first-order chi connectivity index (χ1) is 9.67. The Morgan fingerprint density at radius 2 is 2.05 bits per heavy atom. The van der Waals surface area contributed by atoms with Crippen LogP contribution in [0.4, 0.5) is 0 Å². The number of nitrogens with one attached hydrogen (secondary N) is 2. The lowest BCUT2D eigenvalue weighted by molar-refractivity contribution is 0.702. The number of aryl methyl sites for hydroxylation is 1. The number of H-pyrrole nitrogens is 1. The number of aromatic amines is 1. The average molecular weight is 289 g/mol. The van der Waals surface area contributed by atoms with Gasteiger partial charge in [0, 0.05) is 17.5 Å². The van der Waals surface area contributed by atoms with E-state index in [1.807, 2.05) is 6.92 Å². The number of rotatable bonds is 6. The Kier molecular flexibility index (Phi) is 5.38. The third-order valence-electron chi connectivity index (χ3n) is 2.80. The highest BCUT2D eigenvalue weighted by atomic mass is 32.2. The number of aromatic nitrogens is 2. The molecule has 0 aliphatic rings. The molecule has 0 unspecified atom stereocenters. The van der Waals surface area contributed by atoms with Gasteiger partial charge in [0.1, 0.15) is 5.82 Å². The van der Waals surface area contributed by atoms with E-state index >= 15 is 0 Å². The Morgan fingerprint density at radius 3 is 2.75 bits per heavy atom.